The van der Waals surface area contributed by atoms with E-state index < -0.39 is 5.41 Å². The van der Waals surface area contributed by atoms with E-state index in [2.05, 4.69) is 22.3 Å². The van der Waals surface area contributed by atoms with Crippen molar-refractivity contribution >= 4 is 12.2 Å². The first-order valence-electron chi connectivity index (χ1n) is 12.7. The number of aldehydes is 1. The van der Waals surface area contributed by atoms with Crippen LogP contribution in [-0.4, -0.2) is 72.5 Å². The van der Waals surface area contributed by atoms with E-state index in [9.17, 15) is 14.9 Å². The van der Waals surface area contributed by atoms with Gasteiger partial charge in [-0.15, -0.1) is 0 Å². The first kappa shape index (κ1) is 27.0. The van der Waals surface area contributed by atoms with Crippen LogP contribution in [0.2, 0.25) is 0 Å². The van der Waals surface area contributed by atoms with Gasteiger partial charge < -0.3 is 19.0 Å². The number of hydrogen-bond acceptors (Lipinski definition) is 8. The highest BCUT2D eigenvalue weighted by Crippen LogP contribution is 2.45. The number of nitriles is 1. The van der Waals surface area contributed by atoms with E-state index in [1.165, 1.54) is 0 Å². The third kappa shape index (κ3) is 5.46. The number of hydrogen-bond donors (Lipinski definition) is 0. The van der Waals surface area contributed by atoms with Crippen molar-refractivity contribution in [1.82, 2.24) is 19.9 Å². The standard InChI is InChI=1S/C29H33N5O4/c1-19(2)37-25-10-9-20(15-21(25)16-30)28-31-27(32-38-28)23-7-6-8-24-22(23)11-12-29(24,13-14-35)18-34(5)17-26(36)33(3)4/h6-10,14-15,19H,11-13,17-18H2,1-5H3. The maximum absolute atomic E-state index is 12.3. The molecule has 1 amide bonds. The first-order chi connectivity index (χ1) is 18.2. The molecule has 1 aromatic heterocycles. The molecule has 0 saturated carbocycles. The minimum absolute atomic E-state index is 0.0170. The van der Waals surface area contributed by atoms with E-state index >= 15 is 0 Å². The van der Waals surface area contributed by atoms with Gasteiger partial charge in [-0.2, -0.15) is 10.2 Å². The van der Waals surface area contributed by atoms with Gasteiger partial charge in [-0.1, -0.05) is 23.4 Å². The SMILES string of the molecule is CC(C)Oc1ccc(-c2nc(-c3cccc4c3CCC4(CC=O)CN(C)CC(=O)N(C)C)no2)cc1C#N. The van der Waals surface area contributed by atoms with Gasteiger partial charge in [0.05, 0.1) is 18.2 Å². The van der Waals surface area contributed by atoms with Gasteiger partial charge in [-0.05, 0) is 63.1 Å². The van der Waals surface area contributed by atoms with E-state index in [4.69, 9.17) is 9.26 Å². The van der Waals surface area contributed by atoms with Gasteiger partial charge in [0.1, 0.15) is 18.1 Å². The highest BCUT2D eigenvalue weighted by Gasteiger charge is 2.41. The fourth-order valence-corrected chi connectivity index (χ4v) is 5.16. The molecular weight excluding hydrogens is 482 g/mol. The molecule has 1 aliphatic rings. The van der Waals surface area contributed by atoms with Gasteiger partial charge in [-0.3, -0.25) is 9.69 Å². The zero-order valence-corrected chi connectivity index (χ0v) is 22.5. The summed E-state index contributed by atoms with van der Waals surface area (Å²) in [5.74, 6) is 1.29. The lowest BCUT2D eigenvalue weighted by molar-refractivity contribution is -0.129. The summed E-state index contributed by atoms with van der Waals surface area (Å²) in [6.07, 6.45) is 2.83. The van der Waals surface area contributed by atoms with Crippen molar-refractivity contribution in [2.45, 2.75) is 44.6 Å². The summed E-state index contributed by atoms with van der Waals surface area (Å²) >= 11 is 0. The van der Waals surface area contributed by atoms with Crippen LogP contribution in [0.3, 0.4) is 0 Å². The highest BCUT2D eigenvalue weighted by atomic mass is 16.5. The van der Waals surface area contributed by atoms with Crippen molar-refractivity contribution < 1.29 is 18.8 Å². The molecule has 38 heavy (non-hydrogen) atoms. The van der Waals surface area contributed by atoms with Gasteiger partial charge in [0, 0.05) is 43.6 Å². The minimum atomic E-state index is -0.394. The van der Waals surface area contributed by atoms with Crippen LogP contribution in [0.5, 0.6) is 5.75 Å². The van der Waals surface area contributed by atoms with Crippen molar-refractivity contribution in [1.29, 1.82) is 5.26 Å². The molecule has 0 N–H and O–H groups in total. The van der Waals surface area contributed by atoms with Crippen molar-refractivity contribution in [2.24, 2.45) is 0 Å². The summed E-state index contributed by atoms with van der Waals surface area (Å²) in [5, 5.41) is 13.8. The number of likely N-dealkylation sites (N-methyl/N-ethyl adjacent to an activating group) is 2. The summed E-state index contributed by atoms with van der Waals surface area (Å²) in [7, 11) is 5.39. The Kier molecular flexibility index (Phi) is 7.93. The molecule has 1 unspecified atom stereocenters. The van der Waals surface area contributed by atoms with E-state index in [0.717, 1.165) is 35.8 Å². The quantitative estimate of drug-likeness (QED) is 0.374. The normalized spacial score (nSPS) is 16.4. The number of carbonyl (C=O) groups is 2. The Morgan fingerprint density at radius 2 is 2.05 bits per heavy atom. The maximum Gasteiger partial charge on any atom is 0.258 e. The fourth-order valence-electron chi connectivity index (χ4n) is 5.16. The highest BCUT2D eigenvalue weighted by molar-refractivity contribution is 5.77. The second-order valence-corrected chi connectivity index (χ2v) is 10.4. The summed E-state index contributed by atoms with van der Waals surface area (Å²) in [5.41, 5.74) is 3.66. The molecular formula is C29H33N5O4. The van der Waals surface area contributed by atoms with Crippen molar-refractivity contribution in [3.63, 3.8) is 0 Å². The Morgan fingerprint density at radius 1 is 1.26 bits per heavy atom. The lowest BCUT2D eigenvalue weighted by atomic mass is 9.78. The Balaban J connectivity index is 1.65. The number of ether oxygens (including phenoxy) is 1. The van der Waals surface area contributed by atoms with Crippen LogP contribution in [0.1, 0.15) is 43.4 Å². The lowest BCUT2D eigenvalue weighted by Gasteiger charge is -2.33. The van der Waals surface area contributed by atoms with E-state index in [1.807, 2.05) is 37.9 Å². The zero-order chi connectivity index (χ0) is 27.4. The number of benzene rings is 2. The average Bonchev–Trinajstić information content (AvgIpc) is 3.50. The fraction of sp³-hybridized carbons (Fsp3) is 0.414. The van der Waals surface area contributed by atoms with Gasteiger partial charge >= 0.3 is 0 Å². The molecule has 4 rings (SSSR count). The summed E-state index contributed by atoms with van der Waals surface area (Å²) in [6.45, 7) is 4.68. The Bertz CT molecular complexity index is 1370. The van der Waals surface area contributed by atoms with Crippen LogP contribution in [-0.2, 0) is 21.4 Å². The average molecular weight is 516 g/mol. The predicted octanol–water partition coefficient (Wildman–Crippen LogP) is 3.86. The third-order valence-corrected chi connectivity index (χ3v) is 6.93. The van der Waals surface area contributed by atoms with Crippen LogP contribution < -0.4 is 4.74 Å². The van der Waals surface area contributed by atoms with Crippen molar-refractivity contribution in [3.05, 3.63) is 53.1 Å². The molecule has 2 aromatic carbocycles. The molecule has 9 nitrogen and oxygen atoms in total. The minimum Gasteiger partial charge on any atom is -0.490 e. The third-order valence-electron chi connectivity index (χ3n) is 6.93. The van der Waals surface area contributed by atoms with Crippen LogP contribution >= 0.6 is 0 Å². The molecule has 0 aliphatic heterocycles. The number of carbonyl (C=O) groups excluding carboxylic acids is 2. The van der Waals surface area contributed by atoms with Gasteiger partial charge in [-0.25, -0.2) is 0 Å². The number of rotatable bonds is 10. The first-order valence-corrected chi connectivity index (χ1v) is 12.7. The molecule has 9 heteroatoms. The van der Waals surface area contributed by atoms with E-state index in [1.54, 1.807) is 37.2 Å². The lowest BCUT2D eigenvalue weighted by Crippen LogP contribution is -2.42. The Hall–Kier alpha value is -4.03. The van der Waals surface area contributed by atoms with Gasteiger partial charge in [0.15, 0.2) is 0 Å². The second-order valence-electron chi connectivity index (χ2n) is 10.4. The molecule has 1 aliphatic carbocycles. The number of aromatic nitrogens is 2. The Labute approximate surface area is 223 Å². The summed E-state index contributed by atoms with van der Waals surface area (Å²) < 4.78 is 11.3. The van der Waals surface area contributed by atoms with Gasteiger partial charge in [0.25, 0.3) is 5.89 Å². The molecule has 0 fully saturated rings. The second kappa shape index (κ2) is 11.2. The van der Waals surface area contributed by atoms with Gasteiger partial charge in [0.2, 0.25) is 11.7 Å². The van der Waals surface area contributed by atoms with E-state index in [0.29, 0.717) is 41.6 Å². The molecule has 1 atom stereocenters. The summed E-state index contributed by atoms with van der Waals surface area (Å²) in [6, 6.07) is 13.4. The largest absolute Gasteiger partial charge is 0.490 e. The smallest absolute Gasteiger partial charge is 0.258 e. The monoisotopic (exact) mass is 515 g/mol. The number of amides is 1. The van der Waals surface area contributed by atoms with Crippen molar-refractivity contribution in [2.75, 3.05) is 34.2 Å². The predicted molar refractivity (Wildman–Crippen MR) is 143 cm³/mol. The molecule has 0 saturated heterocycles. The molecule has 198 valence electrons. The van der Waals surface area contributed by atoms with E-state index in [-0.39, 0.29) is 18.6 Å². The molecule has 0 bridgehead atoms. The Morgan fingerprint density at radius 3 is 2.74 bits per heavy atom. The van der Waals surface area contributed by atoms with Crippen LogP contribution in [0, 0.1) is 11.3 Å². The number of nitrogens with zero attached hydrogens (tertiary/aromatic N) is 5. The number of fused-ring (bicyclic) bond motifs is 1. The molecule has 0 radical (unpaired) electrons. The zero-order valence-electron chi connectivity index (χ0n) is 22.5. The van der Waals surface area contributed by atoms with Crippen LogP contribution in [0.15, 0.2) is 40.9 Å². The maximum atomic E-state index is 12.3. The van der Waals surface area contributed by atoms with Crippen LogP contribution in [0.4, 0.5) is 0 Å². The molecule has 1 heterocycles. The van der Waals surface area contributed by atoms with Crippen LogP contribution in [0.25, 0.3) is 22.8 Å². The van der Waals surface area contributed by atoms with Crippen molar-refractivity contribution in [3.8, 4) is 34.7 Å². The summed E-state index contributed by atoms with van der Waals surface area (Å²) in [4.78, 5) is 32.2. The molecule has 3 aromatic rings. The molecule has 0 spiro atoms. The topological polar surface area (TPSA) is 113 Å².